The molecule has 0 aliphatic heterocycles. The average molecular weight is 336 g/mol. The lowest BCUT2D eigenvalue weighted by Gasteiger charge is -2.07. The first-order chi connectivity index (χ1) is 10.1. The number of thiazole rings is 1. The van der Waals surface area contributed by atoms with Crippen molar-refractivity contribution in [2.75, 3.05) is 10.6 Å². The SMILES string of the molecule is Oc1ccc(NC(=S)Nc2nc3cc(Cl)ccc3s2)cc1. The summed E-state index contributed by atoms with van der Waals surface area (Å²) in [6.07, 6.45) is 0. The Kier molecular flexibility index (Phi) is 3.92. The molecule has 0 bridgehead atoms. The van der Waals surface area contributed by atoms with E-state index in [1.165, 1.54) is 11.3 Å². The maximum atomic E-state index is 9.23. The van der Waals surface area contributed by atoms with Gasteiger partial charge in [-0.3, -0.25) is 0 Å². The van der Waals surface area contributed by atoms with Gasteiger partial charge in [-0.15, -0.1) is 0 Å². The van der Waals surface area contributed by atoms with Crippen LogP contribution in [0.2, 0.25) is 5.02 Å². The van der Waals surface area contributed by atoms with Gasteiger partial charge in [0.15, 0.2) is 10.2 Å². The van der Waals surface area contributed by atoms with Crippen molar-refractivity contribution in [3.63, 3.8) is 0 Å². The van der Waals surface area contributed by atoms with E-state index in [2.05, 4.69) is 15.6 Å². The highest BCUT2D eigenvalue weighted by Crippen LogP contribution is 2.28. The Bertz CT molecular complexity index is 802. The summed E-state index contributed by atoms with van der Waals surface area (Å²) in [5.41, 5.74) is 1.62. The number of rotatable bonds is 2. The largest absolute Gasteiger partial charge is 0.508 e. The normalized spacial score (nSPS) is 10.5. The third-order valence-electron chi connectivity index (χ3n) is 2.70. The number of aromatic nitrogens is 1. The highest BCUT2D eigenvalue weighted by atomic mass is 35.5. The lowest BCUT2D eigenvalue weighted by atomic mass is 10.3. The van der Waals surface area contributed by atoms with Gasteiger partial charge < -0.3 is 15.7 Å². The van der Waals surface area contributed by atoms with E-state index in [0.29, 0.717) is 15.3 Å². The van der Waals surface area contributed by atoms with Crippen molar-refractivity contribution in [3.8, 4) is 5.75 Å². The zero-order chi connectivity index (χ0) is 14.8. The average Bonchev–Trinajstić information content (AvgIpc) is 2.82. The number of fused-ring (bicyclic) bond motifs is 1. The number of phenols is 1. The zero-order valence-electron chi connectivity index (χ0n) is 10.6. The van der Waals surface area contributed by atoms with E-state index in [9.17, 15) is 5.11 Å². The van der Waals surface area contributed by atoms with E-state index in [1.807, 2.05) is 18.2 Å². The molecule has 3 rings (SSSR count). The van der Waals surface area contributed by atoms with E-state index in [1.54, 1.807) is 24.3 Å². The van der Waals surface area contributed by atoms with Crippen LogP contribution in [0.15, 0.2) is 42.5 Å². The van der Waals surface area contributed by atoms with Gasteiger partial charge >= 0.3 is 0 Å². The van der Waals surface area contributed by atoms with Crippen LogP contribution < -0.4 is 10.6 Å². The number of nitrogens with zero attached hydrogens (tertiary/aromatic N) is 1. The second kappa shape index (κ2) is 5.85. The summed E-state index contributed by atoms with van der Waals surface area (Å²) >= 11 is 12.7. The van der Waals surface area contributed by atoms with E-state index < -0.39 is 0 Å². The van der Waals surface area contributed by atoms with Gasteiger partial charge in [-0.25, -0.2) is 4.98 Å². The first kappa shape index (κ1) is 14.1. The monoisotopic (exact) mass is 335 g/mol. The number of anilines is 2. The molecule has 1 heterocycles. The summed E-state index contributed by atoms with van der Waals surface area (Å²) in [7, 11) is 0. The molecule has 7 heteroatoms. The van der Waals surface area contributed by atoms with Crippen LogP contribution in [0.4, 0.5) is 10.8 Å². The number of thiocarbonyl (C=S) groups is 1. The maximum absolute atomic E-state index is 9.23. The summed E-state index contributed by atoms with van der Waals surface area (Å²) in [6.45, 7) is 0. The molecule has 0 aliphatic rings. The Labute approximate surface area is 135 Å². The molecule has 0 amide bonds. The van der Waals surface area contributed by atoms with Crippen LogP contribution in [0.1, 0.15) is 0 Å². The van der Waals surface area contributed by atoms with E-state index in [4.69, 9.17) is 23.8 Å². The molecule has 0 spiro atoms. The van der Waals surface area contributed by atoms with Gasteiger partial charge in [0, 0.05) is 10.7 Å². The first-order valence-electron chi connectivity index (χ1n) is 6.03. The number of halogens is 1. The smallest absolute Gasteiger partial charge is 0.190 e. The minimum Gasteiger partial charge on any atom is -0.508 e. The van der Waals surface area contributed by atoms with Gasteiger partial charge in [-0.05, 0) is 54.7 Å². The van der Waals surface area contributed by atoms with Gasteiger partial charge in [0.2, 0.25) is 0 Å². The van der Waals surface area contributed by atoms with Crippen molar-refractivity contribution in [1.82, 2.24) is 4.98 Å². The summed E-state index contributed by atoms with van der Waals surface area (Å²) in [5, 5.41) is 17.1. The molecule has 0 unspecified atom stereocenters. The zero-order valence-corrected chi connectivity index (χ0v) is 13.0. The molecule has 3 aromatic rings. The van der Waals surface area contributed by atoms with Crippen LogP contribution >= 0.6 is 35.2 Å². The van der Waals surface area contributed by atoms with E-state index >= 15 is 0 Å². The molecule has 2 aromatic carbocycles. The predicted octanol–water partition coefficient (Wildman–Crippen LogP) is 4.46. The van der Waals surface area contributed by atoms with Crippen molar-refractivity contribution in [3.05, 3.63) is 47.5 Å². The molecule has 0 aliphatic carbocycles. The van der Waals surface area contributed by atoms with Gasteiger partial charge in [-0.2, -0.15) is 0 Å². The fourth-order valence-corrected chi connectivity index (χ4v) is 3.05. The standard InChI is InChI=1S/C14H10ClN3OS2/c15-8-1-6-12-11(7-8)17-14(21-12)18-13(20)16-9-2-4-10(19)5-3-9/h1-7,19H,(H2,16,17,18,20). The number of hydrogen-bond donors (Lipinski definition) is 3. The molecule has 0 radical (unpaired) electrons. The van der Waals surface area contributed by atoms with E-state index in [-0.39, 0.29) is 5.75 Å². The molecule has 3 N–H and O–H groups in total. The van der Waals surface area contributed by atoms with Crippen LogP contribution in [-0.2, 0) is 0 Å². The maximum Gasteiger partial charge on any atom is 0.190 e. The molecule has 1 aromatic heterocycles. The number of nitrogens with one attached hydrogen (secondary N) is 2. The Balaban J connectivity index is 1.72. The molecule has 0 atom stereocenters. The quantitative estimate of drug-likeness (QED) is 0.476. The van der Waals surface area contributed by atoms with Crippen molar-refractivity contribution < 1.29 is 5.11 Å². The summed E-state index contributed by atoms with van der Waals surface area (Å²) in [6, 6.07) is 12.2. The van der Waals surface area contributed by atoms with Crippen molar-refractivity contribution in [1.29, 1.82) is 0 Å². The Morgan fingerprint density at radius 2 is 1.90 bits per heavy atom. The van der Waals surface area contributed by atoms with Crippen molar-refractivity contribution in [2.45, 2.75) is 0 Å². The summed E-state index contributed by atoms with van der Waals surface area (Å²) in [4.78, 5) is 4.42. The molecule has 0 saturated carbocycles. The second-order valence-electron chi connectivity index (χ2n) is 4.26. The fraction of sp³-hybridized carbons (Fsp3) is 0. The Morgan fingerprint density at radius 3 is 2.67 bits per heavy atom. The van der Waals surface area contributed by atoms with Crippen molar-refractivity contribution in [2.24, 2.45) is 0 Å². The predicted molar refractivity (Wildman–Crippen MR) is 92.6 cm³/mol. The van der Waals surface area contributed by atoms with Gasteiger partial charge in [-0.1, -0.05) is 22.9 Å². The van der Waals surface area contributed by atoms with Gasteiger partial charge in [0.05, 0.1) is 10.2 Å². The van der Waals surface area contributed by atoms with Crippen LogP contribution in [0.25, 0.3) is 10.2 Å². The highest BCUT2D eigenvalue weighted by molar-refractivity contribution is 7.80. The minimum atomic E-state index is 0.211. The molecule has 0 saturated heterocycles. The molecule has 106 valence electrons. The second-order valence-corrected chi connectivity index (χ2v) is 6.13. The number of aromatic hydroxyl groups is 1. The number of benzene rings is 2. The van der Waals surface area contributed by atoms with Crippen LogP contribution in [0.3, 0.4) is 0 Å². The third-order valence-corrected chi connectivity index (χ3v) is 4.09. The highest BCUT2D eigenvalue weighted by Gasteiger charge is 2.06. The lowest BCUT2D eigenvalue weighted by Crippen LogP contribution is -2.18. The molecular weight excluding hydrogens is 326 g/mol. The molecular formula is C14H10ClN3OS2. The van der Waals surface area contributed by atoms with Gasteiger partial charge in [0.1, 0.15) is 5.75 Å². The minimum absolute atomic E-state index is 0.211. The lowest BCUT2D eigenvalue weighted by molar-refractivity contribution is 0.475. The number of phenolic OH excluding ortho intramolecular Hbond substituents is 1. The summed E-state index contributed by atoms with van der Waals surface area (Å²) < 4.78 is 1.04. The van der Waals surface area contributed by atoms with Gasteiger partial charge in [0.25, 0.3) is 0 Å². The van der Waals surface area contributed by atoms with Crippen LogP contribution in [-0.4, -0.2) is 15.2 Å². The van der Waals surface area contributed by atoms with E-state index in [0.717, 1.165) is 15.9 Å². The third kappa shape index (κ3) is 3.41. The topological polar surface area (TPSA) is 57.2 Å². The number of hydrogen-bond acceptors (Lipinski definition) is 4. The summed E-state index contributed by atoms with van der Waals surface area (Å²) in [5.74, 6) is 0.211. The molecule has 4 nitrogen and oxygen atoms in total. The molecule has 21 heavy (non-hydrogen) atoms. The first-order valence-corrected chi connectivity index (χ1v) is 7.63. The fourth-order valence-electron chi connectivity index (χ4n) is 1.76. The molecule has 0 fully saturated rings. The van der Waals surface area contributed by atoms with Crippen molar-refractivity contribution >= 4 is 61.3 Å². The Morgan fingerprint density at radius 1 is 1.14 bits per heavy atom. The van der Waals surface area contributed by atoms with Crippen LogP contribution in [0, 0.1) is 0 Å². The van der Waals surface area contributed by atoms with Crippen LogP contribution in [0.5, 0.6) is 5.75 Å². The Hall–Kier alpha value is -1.89.